The van der Waals surface area contributed by atoms with Gasteiger partial charge in [-0.2, -0.15) is 5.26 Å². The smallest absolute Gasteiger partial charge is 0.0913 e. The SMILES string of the molecule is CCC(C)(C)C1CCC(C#N)C(S(=O)c2cccs2)C1. The Kier molecular flexibility index (Phi) is 5.04. The summed E-state index contributed by atoms with van der Waals surface area (Å²) >= 11 is 1.54. The van der Waals surface area contributed by atoms with Gasteiger partial charge in [0.25, 0.3) is 0 Å². The fourth-order valence-electron chi connectivity index (χ4n) is 3.04. The summed E-state index contributed by atoms with van der Waals surface area (Å²) in [5.74, 6) is 0.521. The van der Waals surface area contributed by atoms with Crippen LogP contribution in [0.15, 0.2) is 21.7 Å². The van der Waals surface area contributed by atoms with Crippen LogP contribution < -0.4 is 0 Å². The lowest BCUT2D eigenvalue weighted by Crippen LogP contribution is -2.37. The highest BCUT2D eigenvalue weighted by atomic mass is 32.2. The lowest BCUT2D eigenvalue weighted by atomic mass is 9.67. The molecule has 1 aliphatic rings. The molecule has 1 heterocycles. The van der Waals surface area contributed by atoms with Gasteiger partial charge in [0.15, 0.2) is 0 Å². The van der Waals surface area contributed by atoms with Gasteiger partial charge in [-0.25, -0.2) is 0 Å². The predicted octanol–water partition coefficient (Wildman–Crippen LogP) is 4.60. The molecule has 0 radical (unpaired) electrons. The molecule has 1 aliphatic carbocycles. The molecule has 4 unspecified atom stereocenters. The topological polar surface area (TPSA) is 40.9 Å². The zero-order valence-electron chi connectivity index (χ0n) is 12.5. The van der Waals surface area contributed by atoms with Gasteiger partial charge in [-0.15, -0.1) is 11.3 Å². The molecular weight excluding hydrogens is 286 g/mol. The molecule has 1 aromatic rings. The lowest BCUT2D eigenvalue weighted by molar-refractivity contribution is 0.143. The van der Waals surface area contributed by atoms with Crippen molar-refractivity contribution in [2.75, 3.05) is 0 Å². The summed E-state index contributed by atoms with van der Waals surface area (Å²) < 4.78 is 13.7. The van der Waals surface area contributed by atoms with Gasteiger partial charge in [-0.05, 0) is 42.0 Å². The monoisotopic (exact) mass is 309 g/mol. The van der Waals surface area contributed by atoms with Crippen molar-refractivity contribution in [2.45, 2.75) is 55.9 Å². The highest BCUT2D eigenvalue weighted by molar-refractivity contribution is 7.87. The van der Waals surface area contributed by atoms with Crippen LogP contribution in [0, 0.1) is 28.6 Å². The van der Waals surface area contributed by atoms with Crippen LogP contribution in [-0.2, 0) is 10.8 Å². The van der Waals surface area contributed by atoms with Crippen molar-refractivity contribution in [3.05, 3.63) is 17.5 Å². The van der Waals surface area contributed by atoms with E-state index in [9.17, 15) is 9.47 Å². The second-order valence-electron chi connectivity index (χ2n) is 6.36. The van der Waals surface area contributed by atoms with Crippen LogP contribution in [0.4, 0.5) is 0 Å². The van der Waals surface area contributed by atoms with Crippen LogP contribution in [0.3, 0.4) is 0 Å². The van der Waals surface area contributed by atoms with Gasteiger partial charge < -0.3 is 0 Å². The number of rotatable bonds is 4. The van der Waals surface area contributed by atoms with Crippen molar-refractivity contribution in [2.24, 2.45) is 17.3 Å². The van der Waals surface area contributed by atoms with Gasteiger partial charge in [0, 0.05) is 0 Å². The zero-order chi connectivity index (χ0) is 14.8. The molecule has 0 bridgehead atoms. The van der Waals surface area contributed by atoms with E-state index in [1.807, 2.05) is 17.5 Å². The minimum absolute atomic E-state index is 0.00299. The lowest BCUT2D eigenvalue weighted by Gasteiger charge is -2.40. The molecule has 4 heteroatoms. The molecule has 0 aromatic carbocycles. The van der Waals surface area contributed by atoms with Gasteiger partial charge in [-0.1, -0.05) is 33.3 Å². The Labute approximate surface area is 128 Å². The largest absolute Gasteiger partial charge is 0.253 e. The highest BCUT2D eigenvalue weighted by Gasteiger charge is 2.40. The first kappa shape index (κ1) is 15.7. The van der Waals surface area contributed by atoms with Crippen molar-refractivity contribution in [1.82, 2.24) is 0 Å². The third-order valence-corrected chi connectivity index (χ3v) is 7.99. The van der Waals surface area contributed by atoms with Gasteiger partial charge >= 0.3 is 0 Å². The number of thiophene rings is 1. The number of nitriles is 1. The molecule has 0 N–H and O–H groups in total. The zero-order valence-corrected chi connectivity index (χ0v) is 14.1. The van der Waals surface area contributed by atoms with Gasteiger partial charge in [0.05, 0.1) is 32.2 Å². The van der Waals surface area contributed by atoms with Crippen molar-refractivity contribution in [3.8, 4) is 6.07 Å². The molecule has 0 spiro atoms. The minimum Gasteiger partial charge on any atom is -0.253 e. The Balaban J connectivity index is 2.19. The summed E-state index contributed by atoms with van der Waals surface area (Å²) in [4.78, 5) is 0. The van der Waals surface area contributed by atoms with Crippen LogP contribution in [-0.4, -0.2) is 9.46 Å². The first-order chi connectivity index (χ1) is 9.49. The Morgan fingerprint density at radius 1 is 1.50 bits per heavy atom. The molecule has 2 rings (SSSR count). The maximum atomic E-state index is 12.8. The van der Waals surface area contributed by atoms with E-state index >= 15 is 0 Å². The molecule has 0 amide bonds. The van der Waals surface area contributed by atoms with Crippen LogP contribution in [0.5, 0.6) is 0 Å². The average molecular weight is 310 g/mol. The first-order valence-corrected chi connectivity index (χ1v) is 9.42. The summed E-state index contributed by atoms with van der Waals surface area (Å²) in [7, 11) is -1.03. The van der Waals surface area contributed by atoms with E-state index in [0.717, 1.165) is 29.9 Å². The van der Waals surface area contributed by atoms with Crippen molar-refractivity contribution >= 4 is 22.1 Å². The standard InChI is InChI=1S/C16H23NOS2/c1-4-16(2,3)13-8-7-12(11-17)14(10-13)20(18)15-6-5-9-19-15/h5-6,9,12-14H,4,7-8,10H2,1-3H3. The van der Waals surface area contributed by atoms with Crippen LogP contribution >= 0.6 is 11.3 Å². The van der Waals surface area contributed by atoms with E-state index in [1.54, 1.807) is 11.3 Å². The number of hydrogen-bond donors (Lipinski definition) is 0. The van der Waals surface area contributed by atoms with E-state index in [-0.39, 0.29) is 16.6 Å². The molecule has 2 nitrogen and oxygen atoms in total. The van der Waals surface area contributed by atoms with Crippen LogP contribution in [0.25, 0.3) is 0 Å². The fourth-order valence-corrected chi connectivity index (χ4v) is 5.82. The van der Waals surface area contributed by atoms with E-state index in [4.69, 9.17) is 0 Å². The minimum atomic E-state index is -1.03. The highest BCUT2D eigenvalue weighted by Crippen LogP contribution is 2.44. The van der Waals surface area contributed by atoms with E-state index in [1.165, 1.54) is 0 Å². The average Bonchev–Trinajstić information content (AvgIpc) is 3.00. The van der Waals surface area contributed by atoms with Crippen LogP contribution in [0.1, 0.15) is 46.5 Å². The summed E-state index contributed by atoms with van der Waals surface area (Å²) in [5, 5.41) is 11.3. The Bertz CT molecular complexity index is 501. The van der Waals surface area contributed by atoms with E-state index < -0.39 is 10.8 Å². The number of hydrogen-bond acceptors (Lipinski definition) is 3. The second-order valence-corrected chi connectivity index (χ2v) is 9.20. The van der Waals surface area contributed by atoms with Crippen molar-refractivity contribution in [1.29, 1.82) is 5.26 Å². The summed E-state index contributed by atoms with van der Waals surface area (Å²) in [5.41, 5.74) is 0.276. The quantitative estimate of drug-likeness (QED) is 0.815. The maximum Gasteiger partial charge on any atom is 0.0913 e. The number of nitrogens with zero attached hydrogens (tertiary/aromatic N) is 1. The molecule has 0 aliphatic heterocycles. The maximum absolute atomic E-state index is 12.8. The van der Waals surface area contributed by atoms with Gasteiger partial charge in [0.2, 0.25) is 0 Å². The fraction of sp³-hybridized carbons (Fsp3) is 0.688. The van der Waals surface area contributed by atoms with E-state index in [0.29, 0.717) is 5.92 Å². The Morgan fingerprint density at radius 3 is 2.80 bits per heavy atom. The Morgan fingerprint density at radius 2 is 2.25 bits per heavy atom. The van der Waals surface area contributed by atoms with Crippen molar-refractivity contribution in [3.63, 3.8) is 0 Å². The molecule has 20 heavy (non-hydrogen) atoms. The first-order valence-electron chi connectivity index (χ1n) is 7.33. The molecule has 4 atom stereocenters. The second kappa shape index (κ2) is 6.41. The molecule has 0 saturated heterocycles. The third-order valence-electron chi connectivity index (χ3n) is 4.94. The summed E-state index contributed by atoms with van der Waals surface area (Å²) in [6, 6.07) is 6.27. The van der Waals surface area contributed by atoms with E-state index in [2.05, 4.69) is 26.8 Å². The normalized spacial score (nSPS) is 28.8. The summed E-state index contributed by atoms with van der Waals surface area (Å²) in [6.07, 6.45) is 4.04. The third kappa shape index (κ3) is 3.15. The molecular formula is C16H23NOS2. The molecule has 1 fully saturated rings. The molecule has 1 aromatic heterocycles. The van der Waals surface area contributed by atoms with Crippen molar-refractivity contribution < 1.29 is 4.21 Å². The van der Waals surface area contributed by atoms with Gasteiger partial charge in [0.1, 0.15) is 0 Å². The Hall–Kier alpha value is -0.660. The van der Waals surface area contributed by atoms with Crippen LogP contribution in [0.2, 0.25) is 0 Å². The summed E-state index contributed by atoms with van der Waals surface area (Å²) in [6.45, 7) is 6.83. The molecule has 1 saturated carbocycles. The predicted molar refractivity (Wildman–Crippen MR) is 85.0 cm³/mol. The van der Waals surface area contributed by atoms with Gasteiger partial charge in [-0.3, -0.25) is 4.21 Å². The molecule has 110 valence electrons.